The fraction of sp³-hybridized carbons (Fsp3) is 0.467. The van der Waals surface area contributed by atoms with Gasteiger partial charge in [0.25, 0.3) is 0 Å². The average Bonchev–Trinajstić information content (AvgIpc) is 2.26. The van der Waals surface area contributed by atoms with Crippen molar-refractivity contribution >= 4 is 0 Å². The highest BCUT2D eigenvalue weighted by molar-refractivity contribution is 5.33. The molecule has 0 aromatic heterocycles. The molecule has 0 amide bonds. The first-order valence-electron chi connectivity index (χ1n) is 6.05. The second-order valence-corrected chi connectivity index (χ2v) is 5.37. The minimum Gasteiger partial charge on any atom is -0.489 e. The minimum atomic E-state index is 0.302. The predicted octanol–water partition coefficient (Wildman–Crippen LogP) is 3.39. The van der Waals surface area contributed by atoms with Crippen LogP contribution in [-0.4, -0.2) is 13.2 Å². The molecular weight excluding hydrogens is 210 g/mol. The fourth-order valence-electron chi connectivity index (χ4n) is 1.51. The average molecular weight is 233 g/mol. The van der Waals surface area contributed by atoms with Crippen LogP contribution in [-0.2, 0) is 6.54 Å². The molecule has 0 saturated heterocycles. The third kappa shape index (κ3) is 5.55. The van der Waals surface area contributed by atoms with E-state index in [9.17, 15) is 0 Å². The van der Waals surface area contributed by atoms with Gasteiger partial charge in [0.2, 0.25) is 0 Å². The molecule has 1 rings (SSSR count). The summed E-state index contributed by atoms with van der Waals surface area (Å²) in [6.07, 6.45) is 1.76. The maximum absolute atomic E-state index is 5.61. The van der Waals surface area contributed by atoms with Crippen molar-refractivity contribution in [2.45, 2.75) is 27.3 Å². The number of ether oxygens (including phenoxy) is 1. The van der Waals surface area contributed by atoms with Gasteiger partial charge in [-0.1, -0.05) is 51.6 Å². The number of para-hydroxylation sites is 1. The number of nitrogens with one attached hydrogen (secondary N) is 1. The lowest BCUT2D eigenvalue weighted by Gasteiger charge is -2.19. The summed E-state index contributed by atoms with van der Waals surface area (Å²) in [4.78, 5) is 0. The molecule has 0 aliphatic heterocycles. The maximum Gasteiger partial charge on any atom is 0.124 e. The van der Waals surface area contributed by atoms with Gasteiger partial charge in [0.15, 0.2) is 0 Å². The van der Waals surface area contributed by atoms with Crippen molar-refractivity contribution in [1.82, 2.24) is 5.32 Å². The highest BCUT2D eigenvalue weighted by Gasteiger charge is 2.09. The van der Waals surface area contributed by atoms with E-state index in [-0.39, 0.29) is 0 Å². The Kier molecular flexibility index (Phi) is 5.23. The van der Waals surface area contributed by atoms with Crippen molar-refractivity contribution in [3.63, 3.8) is 0 Å². The molecule has 0 unspecified atom stereocenters. The molecule has 94 valence electrons. The Morgan fingerprint density at radius 1 is 1.29 bits per heavy atom. The van der Waals surface area contributed by atoms with Crippen LogP contribution in [0.15, 0.2) is 36.9 Å². The smallest absolute Gasteiger partial charge is 0.124 e. The van der Waals surface area contributed by atoms with Gasteiger partial charge in [-0.2, -0.15) is 0 Å². The summed E-state index contributed by atoms with van der Waals surface area (Å²) in [7, 11) is 0. The summed E-state index contributed by atoms with van der Waals surface area (Å²) in [6, 6.07) is 8.12. The van der Waals surface area contributed by atoms with E-state index >= 15 is 0 Å². The van der Waals surface area contributed by atoms with Crippen molar-refractivity contribution in [2.24, 2.45) is 5.41 Å². The zero-order valence-corrected chi connectivity index (χ0v) is 11.1. The van der Waals surface area contributed by atoms with Gasteiger partial charge in [0.1, 0.15) is 12.4 Å². The van der Waals surface area contributed by atoms with Crippen molar-refractivity contribution < 1.29 is 4.74 Å². The van der Waals surface area contributed by atoms with Crippen molar-refractivity contribution in [2.75, 3.05) is 13.2 Å². The van der Waals surface area contributed by atoms with Crippen molar-refractivity contribution in [1.29, 1.82) is 0 Å². The lowest BCUT2D eigenvalue weighted by Crippen LogP contribution is -2.26. The molecule has 0 bridgehead atoms. The quantitative estimate of drug-likeness (QED) is 0.760. The third-order valence-corrected chi connectivity index (χ3v) is 2.30. The Morgan fingerprint density at radius 3 is 2.65 bits per heavy atom. The molecule has 1 aromatic carbocycles. The van der Waals surface area contributed by atoms with Crippen molar-refractivity contribution in [3.05, 3.63) is 42.5 Å². The summed E-state index contributed by atoms with van der Waals surface area (Å²) in [5.41, 5.74) is 1.50. The molecule has 0 radical (unpaired) electrons. The van der Waals surface area contributed by atoms with Crippen LogP contribution in [0.2, 0.25) is 0 Å². The van der Waals surface area contributed by atoms with Gasteiger partial charge in [0, 0.05) is 18.7 Å². The number of benzene rings is 1. The molecular formula is C15H23NO. The summed E-state index contributed by atoms with van der Waals surface area (Å²) < 4.78 is 5.61. The van der Waals surface area contributed by atoms with Gasteiger partial charge in [0.05, 0.1) is 0 Å². The van der Waals surface area contributed by atoms with E-state index in [0.29, 0.717) is 12.0 Å². The van der Waals surface area contributed by atoms with Crippen LogP contribution in [0.3, 0.4) is 0 Å². The Labute approximate surface area is 105 Å². The molecule has 1 aromatic rings. The molecule has 2 heteroatoms. The zero-order chi connectivity index (χ0) is 12.7. The van der Waals surface area contributed by atoms with Crippen LogP contribution < -0.4 is 10.1 Å². The van der Waals surface area contributed by atoms with Crippen molar-refractivity contribution in [3.8, 4) is 5.75 Å². The molecule has 0 fully saturated rings. The van der Waals surface area contributed by atoms with Gasteiger partial charge < -0.3 is 10.1 Å². The van der Waals surface area contributed by atoms with Gasteiger partial charge in [-0.05, 0) is 11.5 Å². The third-order valence-electron chi connectivity index (χ3n) is 2.30. The molecule has 0 heterocycles. The Morgan fingerprint density at radius 2 is 2.00 bits per heavy atom. The first-order chi connectivity index (χ1) is 8.03. The summed E-state index contributed by atoms with van der Waals surface area (Å²) in [5.74, 6) is 0.939. The first kappa shape index (κ1) is 13.8. The lowest BCUT2D eigenvalue weighted by molar-refractivity contribution is 0.351. The molecule has 0 spiro atoms. The van der Waals surface area contributed by atoms with E-state index in [1.54, 1.807) is 6.08 Å². The van der Waals surface area contributed by atoms with E-state index in [0.717, 1.165) is 18.8 Å². The molecule has 0 aliphatic carbocycles. The van der Waals surface area contributed by atoms with E-state index in [1.807, 2.05) is 18.2 Å². The van der Waals surface area contributed by atoms with Crippen LogP contribution in [0, 0.1) is 5.41 Å². The predicted molar refractivity (Wildman–Crippen MR) is 73.3 cm³/mol. The summed E-state index contributed by atoms with van der Waals surface area (Å²) >= 11 is 0. The topological polar surface area (TPSA) is 21.3 Å². The van der Waals surface area contributed by atoms with Gasteiger partial charge in [-0.25, -0.2) is 0 Å². The minimum absolute atomic E-state index is 0.302. The molecule has 0 saturated carbocycles. The maximum atomic E-state index is 5.61. The van der Waals surface area contributed by atoms with Crippen LogP contribution >= 0.6 is 0 Å². The van der Waals surface area contributed by atoms with Gasteiger partial charge >= 0.3 is 0 Å². The summed E-state index contributed by atoms with van der Waals surface area (Å²) in [5, 5.41) is 3.45. The Hall–Kier alpha value is -1.28. The lowest BCUT2D eigenvalue weighted by atomic mass is 9.97. The molecule has 0 atom stereocenters. The summed E-state index contributed by atoms with van der Waals surface area (Å²) in [6.45, 7) is 12.7. The standard InChI is InChI=1S/C15H23NO/c1-5-10-17-14-9-7-6-8-13(14)11-16-12-15(2,3)4/h5-9,16H,1,10-12H2,2-4H3. The van der Waals surface area contributed by atoms with E-state index in [1.165, 1.54) is 5.56 Å². The normalized spacial score (nSPS) is 11.2. The van der Waals surface area contributed by atoms with Gasteiger partial charge in [-0.15, -0.1) is 0 Å². The largest absolute Gasteiger partial charge is 0.489 e. The number of hydrogen-bond donors (Lipinski definition) is 1. The highest BCUT2D eigenvalue weighted by atomic mass is 16.5. The SMILES string of the molecule is C=CCOc1ccccc1CNCC(C)(C)C. The monoisotopic (exact) mass is 233 g/mol. The van der Waals surface area contributed by atoms with Crippen LogP contribution in [0.4, 0.5) is 0 Å². The molecule has 1 N–H and O–H groups in total. The highest BCUT2D eigenvalue weighted by Crippen LogP contribution is 2.18. The Bertz CT molecular complexity index is 352. The van der Waals surface area contributed by atoms with Crippen LogP contribution in [0.25, 0.3) is 0 Å². The zero-order valence-electron chi connectivity index (χ0n) is 11.1. The fourth-order valence-corrected chi connectivity index (χ4v) is 1.51. The molecule has 2 nitrogen and oxygen atoms in total. The van der Waals surface area contributed by atoms with E-state index < -0.39 is 0 Å². The second-order valence-electron chi connectivity index (χ2n) is 5.37. The van der Waals surface area contributed by atoms with E-state index in [4.69, 9.17) is 4.74 Å². The molecule has 17 heavy (non-hydrogen) atoms. The van der Waals surface area contributed by atoms with Gasteiger partial charge in [-0.3, -0.25) is 0 Å². The van der Waals surface area contributed by atoms with Crippen LogP contribution in [0.5, 0.6) is 5.75 Å². The molecule has 0 aliphatic rings. The van der Waals surface area contributed by atoms with E-state index in [2.05, 4.69) is 38.7 Å². The Balaban J connectivity index is 2.54. The van der Waals surface area contributed by atoms with Crippen LogP contribution in [0.1, 0.15) is 26.3 Å². The first-order valence-corrected chi connectivity index (χ1v) is 6.05. The number of hydrogen-bond acceptors (Lipinski definition) is 2. The number of rotatable bonds is 6. The second kappa shape index (κ2) is 6.45.